The summed E-state index contributed by atoms with van der Waals surface area (Å²) in [5.74, 6) is 3.06. The van der Waals surface area contributed by atoms with Crippen LogP contribution in [0.3, 0.4) is 0 Å². The molecule has 1 aromatic heterocycles. The maximum absolute atomic E-state index is 6.06. The number of hydrogen-bond acceptors (Lipinski definition) is 2. The van der Waals surface area contributed by atoms with Gasteiger partial charge in [0.15, 0.2) is 0 Å². The van der Waals surface area contributed by atoms with Crippen molar-refractivity contribution in [2.24, 2.45) is 11.8 Å². The first-order valence-corrected chi connectivity index (χ1v) is 7.95. The molecule has 90 valence electrons. The molecule has 0 bridgehead atoms. The molecule has 0 radical (unpaired) electrons. The zero-order valence-electron chi connectivity index (χ0n) is 10.4. The summed E-state index contributed by atoms with van der Waals surface area (Å²) >= 11 is 0.422. The monoisotopic (exact) mass is 288 g/mol. The molecule has 3 heteroatoms. The zero-order valence-corrected chi connectivity index (χ0v) is 12.1. The summed E-state index contributed by atoms with van der Waals surface area (Å²) in [7, 11) is 0. The molecule has 0 amide bonds. The average molecular weight is 287 g/mol. The van der Waals surface area contributed by atoms with Crippen LogP contribution in [0.25, 0.3) is 0 Å². The molecule has 1 aromatic rings. The van der Waals surface area contributed by atoms with Gasteiger partial charge < -0.3 is 0 Å². The molecule has 2 atom stereocenters. The van der Waals surface area contributed by atoms with Crippen LogP contribution >= 0.6 is 0 Å². The third-order valence-electron chi connectivity index (χ3n) is 3.10. The summed E-state index contributed by atoms with van der Waals surface area (Å²) < 4.78 is 12.1. The standard InChI is InChI=1S/C13H20O2Se/c1-8(2)10-5-11(9(3)4)15-13-7-16-6-12(13)14-10/h6-11H,5H2,1-4H3. The van der Waals surface area contributed by atoms with Gasteiger partial charge in [0.05, 0.1) is 0 Å². The van der Waals surface area contributed by atoms with E-state index >= 15 is 0 Å². The van der Waals surface area contributed by atoms with E-state index < -0.39 is 0 Å². The van der Waals surface area contributed by atoms with Crippen LogP contribution in [-0.2, 0) is 0 Å². The number of hydrogen-bond donors (Lipinski definition) is 0. The molecular formula is C13H20O2Se. The van der Waals surface area contributed by atoms with E-state index in [0.717, 1.165) is 17.9 Å². The SMILES string of the molecule is CC(C)C1CC(C(C)C)Oc2c[se]cc2O1. The Labute approximate surface area is 104 Å². The van der Waals surface area contributed by atoms with Gasteiger partial charge in [-0.25, -0.2) is 0 Å². The molecule has 0 spiro atoms. The van der Waals surface area contributed by atoms with E-state index in [1.807, 2.05) is 0 Å². The summed E-state index contributed by atoms with van der Waals surface area (Å²) in [4.78, 5) is 4.36. The van der Waals surface area contributed by atoms with Crippen LogP contribution in [-0.4, -0.2) is 26.7 Å². The van der Waals surface area contributed by atoms with Crippen molar-refractivity contribution in [3.05, 3.63) is 9.88 Å². The Morgan fingerprint density at radius 3 is 1.81 bits per heavy atom. The van der Waals surface area contributed by atoms with Crippen LogP contribution in [0.15, 0.2) is 9.88 Å². The molecule has 2 unspecified atom stereocenters. The van der Waals surface area contributed by atoms with Gasteiger partial charge in [0.2, 0.25) is 0 Å². The first-order valence-electron chi connectivity index (χ1n) is 5.97. The second-order valence-corrected chi connectivity index (χ2v) is 6.70. The Hall–Kier alpha value is -0.401. The van der Waals surface area contributed by atoms with Gasteiger partial charge in [-0.15, -0.1) is 0 Å². The van der Waals surface area contributed by atoms with E-state index in [1.54, 1.807) is 0 Å². The van der Waals surface area contributed by atoms with Gasteiger partial charge in [0, 0.05) is 0 Å². The van der Waals surface area contributed by atoms with Crippen molar-refractivity contribution in [1.82, 2.24) is 0 Å². The van der Waals surface area contributed by atoms with Crippen LogP contribution < -0.4 is 9.47 Å². The molecule has 1 aliphatic heterocycles. The predicted molar refractivity (Wildman–Crippen MR) is 66.5 cm³/mol. The van der Waals surface area contributed by atoms with E-state index in [9.17, 15) is 0 Å². The van der Waals surface area contributed by atoms with Gasteiger partial charge in [-0.1, -0.05) is 0 Å². The molecule has 2 nitrogen and oxygen atoms in total. The first kappa shape index (κ1) is 12.1. The summed E-state index contributed by atoms with van der Waals surface area (Å²) in [6.07, 6.45) is 1.58. The van der Waals surface area contributed by atoms with Crippen molar-refractivity contribution < 1.29 is 9.47 Å². The van der Waals surface area contributed by atoms with Crippen LogP contribution in [0, 0.1) is 11.8 Å². The average Bonchev–Trinajstić information content (AvgIpc) is 2.55. The van der Waals surface area contributed by atoms with Crippen LogP contribution in [0.5, 0.6) is 11.5 Å². The number of fused-ring (bicyclic) bond motifs is 1. The molecule has 0 aliphatic carbocycles. The number of ether oxygens (including phenoxy) is 2. The summed E-state index contributed by atoms with van der Waals surface area (Å²) in [6, 6.07) is 0. The molecule has 0 saturated carbocycles. The van der Waals surface area contributed by atoms with Gasteiger partial charge in [-0.3, -0.25) is 0 Å². The molecule has 2 heterocycles. The van der Waals surface area contributed by atoms with Crippen LogP contribution in [0.2, 0.25) is 0 Å². The second kappa shape index (κ2) is 4.85. The van der Waals surface area contributed by atoms with Crippen molar-refractivity contribution in [3.63, 3.8) is 0 Å². The Bertz CT molecular complexity index is 313. The molecule has 2 rings (SSSR count). The van der Waals surface area contributed by atoms with E-state index in [-0.39, 0.29) is 0 Å². The van der Waals surface area contributed by atoms with Crippen LogP contribution in [0.4, 0.5) is 0 Å². The Morgan fingerprint density at radius 1 is 1.00 bits per heavy atom. The molecule has 16 heavy (non-hydrogen) atoms. The summed E-state index contributed by atoms with van der Waals surface area (Å²) in [5, 5.41) is 0. The maximum atomic E-state index is 6.06. The fourth-order valence-electron chi connectivity index (χ4n) is 1.91. The van der Waals surface area contributed by atoms with Gasteiger partial charge in [-0.05, 0) is 0 Å². The Balaban J connectivity index is 2.23. The van der Waals surface area contributed by atoms with Crippen molar-refractivity contribution >= 4 is 14.5 Å². The van der Waals surface area contributed by atoms with Crippen molar-refractivity contribution in [3.8, 4) is 11.5 Å². The third kappa shape index (κ3) is 2.46. The minimum atomic E-state index is 0.290. The van der Waals surface area contributed by atoms with E-state index in [2.05, 4.69) is 37.6 Å². The van der Waals surface area contributed by atoms with E-state index in [4.69, 9.17) is 9.47 Å². The topological polar surface area (TPSA) is 18.5 Å². The molecule has 0 aromatic carbocycles. The quantitative estimate of drug-likeness (QED) is 0.779. The fourth-order valence-corrected chi connectivity index (χ4v) is 3.30. The normalized spacial score (nSPS) is 24.9. The fraction of sp³-hybridized carbons (Fsp3) is 0.692. The molecule has 0 fully saturated rings. The second-order valence-electron chi connectivity index (χ2n) is 5.14. The summed E-state index contributed by atoms with van der Waals surface area (Å²) in [6.45, 7) is 8.88. The van der Waals surface area contributed by atoms with Crippen molar-refractivity contribution in [2.75, 3.05) is 0 Å². The van der Waals surface area contributed by atoms with Gasteiger partial charge in [0.1, 0.15) is 0 Å². The van der Waals surface area contributed by atoms with Crippen molar-refractivity contribution in [1.29, 1.82) is 0 Å². The molecule has 0 saturated heterocycles. The Kier molecular flexibility index (Phi) is 3.66. The van der Waals surface area contributed by atoms with E-state index in [1.165, 1.54) is 0 Å². The van der Waals surface area contributed by atoms with Gasteiger partial charge >= 0.3 is 104 Å². The first-order chi connectivity index (χ1) is 7.58. The third-order valence-corrected chi connectivity index (χ3v) is 4.57. The van der Waals surface area contributed by atoms with Gasteiger partial charge in [-0.2, -0.15) is 0 Å². The minimum absolute atomic E-state index is 0.290. The zero-order chi connectivity index (χ0) is 11.7. The Morgan fingerprint density at radius 2 is 1.44 bits per heavy atom. The van der Waals surface area contributed by atoms with Crippen molar-refractivity contribution in [2.45, 2.75) is 46.3 Å². The molecular weight excluding hydrogens is 267 g/mol. The van der Waals surface area contributed by atoms with Crippen LogP contribution in [0.1, 0.15) is 34.1 Å². The van der Waals surface area contributed by atoms with Gasteiger partial charge in [0.25, 0.3) is 0 Å². The number of rotatable bonds is 2. The molecule has 1 aliphatic rings. The summed E-state index contributed by atoms with van der Waals surface area (Å²) in [5.41, 5.74) is 0. The molecule has 0 N–H and O–H groups in total. The predicted octanol–water partition coefficient (Wildman–Crippen LogP) is 2.95. The van der Waals surface area contributed by atoms with E-state index in [0.29, 0.717) is 38.5 Å².